The van der Waals surface area contributed by atoms with Gasteiger partial charge in [0.2, 0.25) is 12.6 Å². The number of methoxy groups -OCH3 is 2. The van der Waals surface area contributed by atoms with Crippen LogP contribution in [0.15, 0.2) is 96.1 Å². The number of rotatable bonds is 8. The quantitative estimate of drug-likeness (QED) is 0.148. The minimum Gasteiger partial charge on any atom is -0.496 e. The summed E-state index contributed by atoms with van der Waals surface area (Å²) in [5, 5.41) is 5.77. The topological polar surface area (TPSA) is 107 Å². The molecule has 0 saturated carbocycles. The number of nitrogens with zero attached hydrogens (tertiary/aromatic N) is 3. The van der Waals surface area contributed by atoms with Crippen LogP contribution in [-0.2, 0) is 6.61 Å². The zero-order valence-electron chi connectivity index (χ0n) is 23.9. The highest BCUT2D eigenvalue weighted by Gasteiger charge is 2.20. The maximum absolute atomic E-state index is 13.8. The Morgan fingerprint density at radius 3 is 2.58 bits per heavy atom. The summed E-state index contributed by atoms with van der Waals surface area (Å²) in [6, 6.07) is 21.8. The summed E-state index contributed by atoms with van der Waals surface area (Å²) in [7, 11) is 3.14. The lowest BCUT2D eigenvalue weighted by Gasteiger charge is -2.15. The van der Waals surface area contributed by atoms with Crippen LogP contribution in [-0.4, -0.2) is 36.9 Å². The van der Waals surface area contributed by atoms with Crippen molar-refractivity contribution >= 4 is 59.9 Å². The van der Waals surface area contributed by atoms with E-state index in [9.17, 15) is 4.79 Å². The van der Waals surface area contributed by atoms with Crippen molar-refractivity contribution < 1.29 is 28.1 Å². The van der Waals surface area contributed by atoms with Gasteiger partial charge in [0.05, 0.1) is 41.2 Å². The van der Waals surface area contributed by atoms with Crippen LogP contribution in [0.5, 0.6) is 28.7 Å². The molecule has 226 valence electrons. The maximum atomic E-state index is 13.8. The van der Waals surface area contributed by atoms with Gasteiger partial charge in [0.15, 0.2) is 28.8 Å². The van der Waals surface area contributed by atoms with E-state index in [1.165, 1.54) is 4.68 Å². The number of aromatic nitrogens is 2. The van der Waals surface area contributed by atoms with E-state index in [1.807, 2.05) is 42.5 Å². The monoisotopic (exact) mass is 731 g/mol. The molecule has 12 heteroatoms. The second kappa shape index (κ2) is 11.9. The zero-order chi connectivity index (χ0) is 31.1. The Bertz CT molecular complexity index is 2190. The van der Waals surface area contributed by atoms with Gasteiger partial charge in [0, 0.05) is 10.0 Å². The van der Waals surface area contributed by atoms with Gasteiger partial charge in [-0.25, -0.2) is 4.98 Å². The van der Waals surface area contributed by atoms with Gasteiger partial charge in [0.25, 0.3) is 5.56 Å². The van der Waals surface area contributed by atoms with Crippen molar-refractivity contribution in [1.82, 2.24) is 9.66 Å². The molecule has 0 atom stereocenters. The normalized spacial score (nSPS) is 12.4. The average Bonchev–Trinajstić information content (AvgIpc) is 3.72. The Kier molecular flexibility index (Phi) is 7.68. The average molecular weight is 733 g/mol. The summed E-state index contributed by atoms with van der Waals surface area (Å²) >= 11 is 7.29. The molecule has 1 aliphatic heterocycles. The lowest BCUT2D eigenvalue weighted by molar-refractivity contribution is 0.174. The van der Waals surface area contributed by atoms with Gasteiger partial charge in [-0.3, -0.25) is 4.79 Å². The van der Waals surface area contributed by atoms with Crippen molar-refractivity contribution in [2.75, 3.05) is 21.0 Å². The van der Waals surface area contributed by atoms with E-state index in [0.717, 1.165) is 10.9 Å². The fourth-order valence-corrected chi connectivity index (χ4v) is 5.94. The Balaban J connectivity index is 1.27. The highest BCUT2D eigenvalue weighted by Crippen LogP contribution is 2.43. The molecule has 6 aromatic rings. The van der Waals surface area contributed by atoms with Crippen molar-refractivity contribution in [3.8, 4) is 40.3 Å². The Labute approximate surface area is 273 Å². The molecule has 0 aliphatic carbocycles. The molecule has 7 rings (SSSR count). The van der Waals surface area contributed by atoms with Gasteiger partial charge in [-0.05, 0) is 86.0 Å². The molecule has 45 heavy (non-hydrogen) atoms. The Hall–Kier alpha value is -4.81. The van der Waals surface area contributed by atoms with Crippen LogP contribution < -0.4 is 29.2 Å². The largest absolute Gasteiger partial charge is 0.496 e. The number of para-hydroxylation sites is 1. The molecular formula is C33H23Br2N3O7. The van der Waals surface area contributed by atoms with Gasteiger partial charge >= 0.3 is 0 Å². The molecule has 3 heterocycles. The third-order valence-corrected chi connectivity index (χ3v) is 9.37. The van der Waals surface area contributed by atoms with E-state index in [4.69, 9.17) is 33.1 Å². The van der Waals surface area contributed by atoms with E-state index in [1.54, 1.807) is 50.8 Å². The lowest BCUT2D eigenvalue weighted by atomic mass is 10.2. The molecule has 2 aromatic heterocycles. The van der Waals surface area contributed by atoms with Gasteiger partial charge < -0.3 is 28.1 Å². The molecule has 0 saturated heterocycles. The predicted octanol–water partition coefficient (Wildman–Crippen LogP) is 7.54. The van der Waals surface area contributed by atoms with Crippen molar-refractivity contribution in [2.45, 2.75) is 6.61 Å². The minimum atomic E-state index is -0.356. The van der Waals surface area contributed by atoms with Crippen molar-refractivity contribution in [3.63, 3.8) is 0 Å². The first-order chi connectivity index (χ1) is 21.9. The summed E-state index contributed by atoms with van der Waals surface area (Å²) in [5.74, 6) is 3.56. The number of furan rings is 1. The number of halogens is 2. The molecule has 0 fully saturated rings. The molecule has 0 bridgehead atoms. The van der Waals surface area contributed by atoms with Crippen LogP contribution in [0.1, 0.15) is 11.1 Å². The number of hydrogen-bond donors (Lipinski definition) is 0. The second-order valence-corrected chi connectivity index (χ2v) is 11.5. The first-order valence-corrected chi connectivity index (χ1v) is 15.2. The van der Waals surface area contributed by atoms with Crippen LogP contribution in [0.4, 0.5) is 0 Å². The van der Waals surface area contributed by atoms with Crippen molar-refractivity contribution in [1.29, 1.82) is 0 Å². The summed E-state index contributed by atoms with van der Waals surface area (Å²) < 4.78 is 36.8. The van der Waals surface area contributed by atoms with E-state index >= 15 is 0 Å². The summed E-state index contributed by atoms with van der Waals surface area (Å²) in [5.41, 5.74) is 2.27. The van der Waals surface area contributed by atoms with Crippen LogP contribution in [0, 0.1) is 0 Å². The summed E-state index contributed by atoms with van der Waals surface area (Å²) in [6.07, 6.45) is 1.55. The van der Waals surface area contributed by atoms with Gasteiger partial charge in [-0.2, -0.15) is 9.78 Å². The molecule has 0 spiro atoms. The van der Waals surface area contributed by atoms with Crippen LogP contribution in [0.2, 0.25) is 0 Å². The van der Waals surface area contributed by atoms with Crippen molar-refractivity contribution in [2.24, 2.45) is 5.10 Å². The molecule has 0 radical (unpaired) electrons. The molecule has 1 aliphatic rings. The maximum Gasteiger partial charge on any atom is 0.282 e. The molecule has 10 nitrogen and oxygen atoms in total. The number of ether oxygens (including phenoxy) is 5. The van der Waals surface area contributed by atoms with E-state index < -0.39 is 0 Å². The van der Waals surface area contributed by atoms with E-state index in [2.05, 4.69) is 37.0 Å². The fourth-order valence-electron chi connectivity index (χ4n) is 5.00. The molecular weight excluding hydrogens is 710 g/mol. The van der Waals surface area contributed by atoms with Gasteiger partial charge in [-0.1, -0.05) is 24.3 Å². The second-order valence-electron chi connectivity index (χ2n) is 9.90. The Morgan fingerprint density at radius 2 is 1.73 bits per heavy atom. The van der Waals surface area contributed by atoms with Gasteiger partial charge in [0.1, 0.15) is 17.9 Å². The standard InChI is InChI=1S/C33H23Br2N3O7/c1-40-23-8-5-9-24-21(23)14-28(45-24)32-37-22-7-4-3-6-20(22)33(39)38(32)36-15-19-13-27(41-2)31(30(35)29(19)34)42-16-18-10-11-25-26(12-18)44-17-43-25/h3-15H,16-17H2,1-2H3. The number of hydrogen-bond acceptors (Lipinski definition) is 9. The molecule has 0 N–H and O–H groups in total. The summed E-state index contributed by atoms with van der Waals surface area (Å²) in [4.78, 5) is 18.5. The third-order valence-electron chi connectivity index (χ3n) is 7.22. The number of fused-ring (bicyclic) bond motifs is 3. The van der Waals surface area contributed by atoms with E-state index in [0.29, 0.717) is 65.5 Å². The van der Waals surface area contributed by atoms with Crippen molar-refractivity contribution in [3.05, 3.63) is 103 Å². The van der Waals surface area contributed by atoms with Crippen LogP contribution in [0.3, 0.4) is 0 Å². The molecule has 0 amide bonds. The fraction of sp³-hybridized carbons (Fsp3) is 0.121. The zero-order valence-corrected chi connectivity index (χ0v) is 27.0. The summed E-state index contributed by atoms with van der Waals surface area (Å²) in [6.45, 7) is 0.458. The minimum absolute atomic E-state index is 0.199. The smallest absolute Gasteiger partial charge is 0.282 e. The molecule has 0 unspecified atom stereocenters. The lowest BCUT2D eigenvalue weighted by Crippen LogP contribution is -2.20. The molecule has 4 aromatic carbocycles. The predicted molar refractivity (Wildman–Crippen MR) is 176 cm³/mol. The van der Waals surface area contributed by atoms with Crippen LogP contribution >= 0.6 is 31.9 Å². The highest BCUT2D eigenvalue weighted by atomic mass is 79.9. The highest BCUT2D eigenvalue weighted by molar-refractivity contribution is 9.13. The third kappa shape index (κ3) is 5.29. The SMILES string of the molecule is COc1cc(C=Nn2c(-c3cc4c(OC)cccc4o3)nc3ccccc3c2=O)c(Br)c(Br)c1OCc1ccc2c(c1)OCO2. The van der Waals surface area contributed by atoms with E-state index in [-0.39, 0.29) is 24.8 Å². The Morgan fingerprint density at radius 1 is 0.911 bits per heavy atom. The first kappa shape index (κ1) is 28.9. The number of benzene rings is 4. The first-order valence-electron chi connectivity index (χ1n) is 13.7. The van der Waals surface area contributed by atoms with Gasteiger partial charge in [-0.15, -0.1) is 0 Å². The van der Waals surface area contributed by atoms with Crippen LogP contribution in [0.25, 0.3) is 33.5 Å².